The number of carbonyl (C=O) groups excluding carboxylic acids is 2. The van der Waals surface area contributed by atoms with E-state index in [0.717, 1.165) is 11.1 Å². The Labute approximate surface area is 218 Å². The summed E-state index contributed by atoms with van der Waals surface area (Å²) in [7, 11) is 1.99. The Hall–Kier alpha value is -3.89. The van der Waals surface area contributed by atoms with E-state index in [1.807, 2.05) is 7.05 Å². The molecule has 1 spiro atoms. The van der Waals surface area contributed by atoms with Gasteiger partial charge in [0.25, 0.3) is 0 Å². The lowest BCUT2D eigenvalue weighted by Crippen LogP contribution is -2.67. The van der Waals surface area contributed by atoms with Gasteiger partial charge in [-0.3, -0.25) is 9.59 Å². The number of ketones is 2. The Kier molecular flexibility index (Phi) is 5.34. The number of carboxylic acids is 1. The highest BCUT2D eigenvalue weighted by Crippen LogP contribution is 2.66. The first-order valence-electron chi connectivity index (χ1n) is 12.5. The van der Waals surface area contributed by atoms with E-state index < -0.39 is 23.6 Å². The van der Waals surface area contributed by atoms with E-state index in [4.69, 9.17) is 9.84 Å². The molecule has 2 aliphatic carbocycles. The van der Waals surface area contributed by atoms with Crippen LogP contribution in [0.5, 0.6) is 11.5 Å². The lowest BCUT2D eigenvalue weighted by Gasteiger charge is -2.58. The quantitative estimate of drug-likeness (QED) is 0.512. The van der Waals surface area contributed by atoms with E-state index in [0.29, 0.717) is 30.6 Å². The first-order chi connectivity index (χ1) is 18.1. The fourth-order valence-electron chi connectivity index (χ4n) is 7.17. The molecule has 2 aliphatic heterocycles. The van der Waals surface area contributed by atoms with Crippen molar-refractivity contribution in [2.45, 2.75) is 50.4 Å². The first-order valence-corrected chi connectivity index (χ1v) is 12.5. The Morgan fingerprint density at radius 2 is 1.76 bits per heavy atom. The zero-order valence-corrected chi connectivity index (χ0v) is 21.1. The summed E-state index contributed by atoms with van der Waals surface area (Å²) in [5, 5.41) is 40.2. The van der Waals surface area contributed by atoms with Gasteiger partial charge in [-0.2, -0.15) is 5.11 Å². The number of phenolic OH excluding ortho intramolecular Hbond substituents is 1. The van der Waals surface area contributed by atoms with Gasteiger partial charge in [0.05, 0.1) is 11.3 Å². The number of rotatable bonds is 5. The van der Waals surface area contributed by atoms with Crippen molar-refractivity contribution in [1.29, 1.82) is 0 Å². The smallest absolute Gasteiger partial charge is 0.335 e. The number of phenols is 1. The lowest BCUT2D eigenvalue weighted by molar-refractivity contribution is -0.122. The van der Waals surface area contributed by atoms with Gasteiger partial charge in [0.1, 0.15) is 17.9 Å². The predicted octanol–water partition coefficient (Wildman–Crippen LogP) is 3.23. The summed E-state index contributed by atoms with van der Waals surface area (Å²) in [6.07, 6.45) is -1.02. The molecule has 2 heterocycles. The number of likely N-dealkylation sites (tertiary alicyclic amines) is 1. The van der Waals surface area contributed by atoms with Crippen molar-refractivity contribution in [1.82, 2.24) is 4.90 Å². The standard InChI is InChI=1S/C28H27N3O7/c1-12(32)19-20(13(2)33)24(35)26-28-8-9-31(3)18(22(19)28)11-15-10-17(23(34)25(38-26)21(15)28)30-29-16-6-4-14(5-7-16)27(36)37/h4-7,10,18,22,24,26,34-35H,8-9,11H2,1-3H3,(H,36,37)/t18-,22-,24+,26+,28-/m1/s1. The number of carboxylic acid groups (broad SMARTS) is 1. The molecule has 0 unspecified atom stereocenters. The zero-order chi connectivity index (χ0) is 27.1. The van der Waals surface area contributed by atoms with E-state index in [-0.39, 0.29) is 51.8 Å². The summed E-state index contributed by atoms with van der Waals surface area (Å²) < 4.78 is 6.32. The molecule has 0 amide bonds. The second-order valence-electron chi connectivity index (χ2n) is 10.6. The number of aromatic carboxylic acids is 1. The number of nitrogens with zero attached hydrogens (tertiary/aromatic N) is 3. The Balaban J connectivity index is 1.51. The number of piperidine rings is 1. The molecular weight excluding hydrogens is 490 g/mol. The fourth-order valence-corrected chi connectivity index (χ4v) is 7.17. The molecule has 3 N–H and O–H groups in total. The molecule has 0 saturated carbocycles. The molecule has 4 aliphatic rings. The van der Waals surface area contributed by atoms with Crippen molar-refractivity contribution >= 4 is 28.9 Å². The Morgan fingerprint density at radius 3 is 2.39 bits per heavy atom. The van der Waals surface area contributed by atoms with Gasteiger partial charge in [0.2, 0.25) is 0 Å². The number of aromatic hydroxyl groups is 1. The number of carbonyl (C=O) groups is 3. The van der Waals surface area contributed by atoms with E-state index in [2.05, 4.69) is 15.1 Å². The minimum Gasteiger partial charge on any atom is -0.503 e. The molecule has 10 heteroatoms. The molecule has 5 atom stereocenters. The van der Waals surface area contributed by atoms with Crippen LogP contribution in [0.15, 0.2) is 51.7 Å². The van der Waals surface area contributed by atoms with Crippen LogP contribution >= 0.6 is 0 Å². The van der Waals surface area contributed by atoms with E-state index in [1.165, 1.54) is 38.1 Å². The number of likely N-dealkylation sites (N-methyl/N-ethyl adjacent to an activating group) is 1. The third-order valence-electron chi connectivity index (χ3n) is 8.68. The third-order valence-corrected chi connectivity index (χ3v) is 8.68. The number of Topliss-reactive ketones (excluding diaryl/α,β-unsaturated/α-hetero) is 2. The molecule has 1 saturated heterocycles. The SMILES string of the molecule is CC(=O)C1=C(C(C)=O)[C@H]2[C@H]3Cc4cc(N=Nc5ccc(C(=O)O)cc5)c(O)c5c4[C@@]2(CCN3C)[C@@H](O5)[C@H]1O. The van der Waals surface area contributed by atoms with Gasteiger partial charge in [0.15, 0.2) is 23.1 Å². The van der Waals surface area contributed by atoms with Crippen LogP contribution in [-0.4, -0.2) is 69.6 Å². The highest BCUT2D eigenvalue weighted by atomic mass is 16.5. The molecular formula is C28H27N3O7. The molecule has 2 aromatic carbocycles. The van der Waals surface area contributed by atoms with Gasteiger partial charge in [-0.05, 0) is 76.2 Å². The molecule has 2 bridgehead atoms. The first kappa shape index (κ1) is 24.4. The van der Waals surface area contributed by atoms with Crippen LogP contribution in [0, 0.1) is 5.92 Å². The fraction of sp³-hybridized carbons (Fsp3) is 0.393. The molecule has 0 radical (unpaired) electrons. The van der Waals surface area contributed by atoms with Crippen LogP contribution < -0.4 is 4.74 Å². The van der Waals surface area contributed by atoms with Gasteiger partial charge in [0, 0.05) is 34.1 Å². The van der Waals surface area contributed by atoms with Crippen molar-refractivity contribution in [3.05, 3.63) is 58.2 Å². The number of azo groups is 1. The van der Waals surface area contributed by atoms with Gasteiger partial charge in [-0.15, -0.1) is 5.11 Å². The second-order valence-corrected chi connectivity index (χ2v) is 10.6. The maximum atomic E-state index is 13.0. The number of hydrogen-bond donors (Lipinski definition) is 3. The van der Waals surface area contributed by atoms with E-state index >= 15 is 0 Å². The Bertz CT molecular complexity index is 1480. The van der Waals surface area contributed by atoms with Crippen molar-refractivity contribution in [3.63, 3.8) is 0 Å². The molecule has 6 rings (SSSR count). The third kappa shape index (κ3) is 3.16. The highest BCUT2D eigenvalue weighted by Gasteiger charge is 2.68. The van der Waals surface area contributed by atoms with Crippen LogP contribution in [0.25, 0.3) is 0 Å². The Morgan fingerprint density at radius 1 is 1.08 bits per heavy atom. The maximum absolute atomic E-state index is 13.0. The van der Waals surface area contributed by atoms with Crippen molar-refractivity contribution in [2.24, 2.45) is 16.1 Å². The summed E-state index contributed by atoms with van der Waals surface area (Å²) in [5.41, 5.74) is 2.08. The molecule has 1 fully saturated rings. The molecule has 2 aromatic rings. The number of ether oxygens (including phenoxy) is 1. The monoisotopic (exact) mass is 517 g/mol. The van der Waals surface area contributed by atoms with Crippen LogP contribution in [0.3, 0.4) is 0 Å². The zero-order valence-electron chi connectivity index (χ0n) is 21.1. The van der Waals surface area contributed by atoms with Gasteiger partial charge in [-0.25, -0.2) is 4.79 Å². The largest absolute Gasteiger partial charge is 0.503 e. The highest BCUT2D eigenvalue weighted by molar-refractivity contribution is 6.07. The number of benzene rings is 2. The molecule has 0 aromatic heterocycles. The summed E-state index contributed by atoms with van der Waals surface area (Å²) in [6.45, 7) is 3.50. The molecule has 196 valence electrons. The minimum atomic E-state index is -1.32. The second kappa shape index (κ2) is 8.31. The van der Waals surface area contributed by atoms with E-state index in [1.54, 1.807) is 6.07 Å². The van der Waals surface area contributed by atoms with Crippen LogP contribution in [0.1, 0.15) is 41.8 Å². The van der Waals surface area contributed by atoms with Crippen molar-refractivity contribution in [2.75, 3.05) is 13.6 Å². The normalized spacial score (nSPS) is 29.3. The predicted molar refractivity (Wildman–Crippen MR) is 134 cm³/mol. The van der Waals surface area contributed by atoms with Gasteiger partial charge in [-0.1, -0.05) is 0 Å². The van der Waals surface area contributed by atoms with Crippen molar-refractivity contribution < 1.29 is 34.4 Å². The van der Waals surface area contributed by atoms with Gasteiger partial charge < -0.3 is 25.0 Å². The summed E-state index contributed by atoms with van der Waals surface area (Å²) in [6, 6.07) is 7.52. The number of aliphatic hydroxyl groups excluding tert-OH is 1. The summed E-state index contributed by atoms with van der Waals surface area (Å²) in [4.78, 5) is 39.0. The number of hydrogen-bond acceptors (Lipinski definition) is 9. The summed E-state index contributed by atoms with van der Waals surface area (Å²) in [5.74, 6) is -2.03. The van der Waals surface area contributed by atoms with E-state index in [9.17, 15) is 24.6 Å². The average Bonchev–Trinajstić information content (AvgIpc) is 3.22. The maximum Gasteiger partial charge on any atom is 0.335 e. The van der Waals surface area contributed by atoms with Gasteiger partial charge >= 0.3 is 5.97 Å². The topological polar surface area (TPSA) is 149 Å². The van der Waals surface area contributed by atoms with Crippen molar-refractivity contribution in [3.8, 4) is 11.5 Å². The number of aliphatic hydroxyl groups is 1. The van der Waals surface area contributed by atoms with Crippen LogP contribution in [0.4, 0.5) is 11.4 Å². The average molecular weight is 518 g/mol. The summed E-state index contributed by atoms with van der Waals surface area (Å²) >= 11 is 0. The molecule has 38 heavy (non-hydrogen) atoms. The van der Waals surface area contributed by atoms with Crippen LogP contribution in [-0.2, 0) is 21.4 Å². The van der Waals surface area contributed by atoms with Crippen LogP contribution in [0.2, 0.25) is 0 Å². The minimum absolute atomic E-state index is 0.101. The molecule has 10 nitrogen and oxygen atoms in total. The lowest BCUT2D eigenvalue weighted by atomic mass is 9.49.